The maximum absolute atomic E-state index is 12.5. The van der Waals surface area contributed by atoms with Gasteiger partial charge >= 0.3 is 0 Å². The molecule has 0 bridgehead atoms. The Balaban J connectivity index is 3.35. The van der Waals surface area contributed by atoms with Crippen LogP contribution in [0.5, 0.6) is 0 Å². The zero-order valence-electron chi connectivity index (χ0n) is 7.12. The fourth-order valence-electron chi connectivity index (χ4n) is 0.927. The molecule has 1 aromatic heterocycles. The Bertz CT molecular complexity index is 464. The molecule has 0 aliphatic carbocycles. The fourth-order valence-corrected chi connectivity index (χ4v) is 1.85. The summed E-state index contributed by atoms with van der Waals surface area (Å²) in [4.78, 5) is 3.43. The van der Waals surface area contributed by atoms with Crippen molar-refractivity contribution in [2.45, 2.75) is 17.3 Å². The van der Waals surface area contributed by atoms with Gasteiger partial charge in [-0.15, -0.1) is 11.6 Å². The number of hydrogen-bond acceptors (Lipinski definition) is 3. The summed E-state index contributed by atoms with van der Waals surface area (Å²) in [6.07, 6.45) is -1.84. The van der Waals surface area contributed by atoms with Gasteiger partial charge in [-0.05, 0) is 11.6 Å². The molecular formula is C7H5Cl2F2NO2S. The lowest BCUT2D eigenvalue weighted by Crippen LogP contribution is -2.00. The first-order valence-electron chi connectivity index (χ1n) is 3.64. The van der Waals surface area contributed by atoms with Crippen molar-refractivity contribution in [2.75, 3.05) is 0 Å². The third-order valence-electron chi connectivity index (χ3n) is 1.63. The van der Waals surface area contributed by atoms with Crippen molar-refractivity contribution in [3.05, 3.63) is 23.4 Å². The first-order valence-corrected chi connectivity index (χ1v) is 6.48. The molecule has 84 valence electrons. The average molecular weight is 276 g/mol. The maximum Gasteiger partial charge on any atom is 0.278 e. The monoisotopic (exact) mass is 275 g/mol. The summed E-state index contributed by atoms with van der Waals surface area (Å²) in [6.45, 7) is 0. The van der Waals surface area contributed by atoms with Crippen molar-refractivity contribution in [3.63, 3.8) is 0 Å². The van der Waals surface area contributed by atoms with Crippen LogP contribution in [0.2, 0.25) is 0 Å². The van der Waals surface area contributed by atoms with Gasteiger partial charge in [0.2, 0.25) is 0 Å². The molecule has 8 heteroatoms. The SMILES string of the molecule is O=S(=O)(Cl)c1cc(C(F)F)c(CCl)cn1. The predicted molar refractivity (Wildman–Crippen MR) is 51.8 cm³/mol. The lowest BCUT2D eigenvalue weighted by Gasteiger charge is -2.06. The molecule has 0 spiro atoms. The summed E-state index contributed by atoms with van der Waals surface area (Å²) in [7, 11) is 0.863. The van der Waals surface area contributed by atoms with Gasteiger partial charge < -0.3 is 0 Å². The Labute approximate surface area is 94.4 Å². The molecule has 0 atom stereocenters. The van der Waals surface area contributed by atoms with E-state index in [-0.39, 0.29) is 11.4 Å². The number of alkyl halides is 3. The van der Waals surface area contributed by atoms with Gasteiger partial charge in [0.1, 0.15) is 0 Å². The third-order valence-corrected chi connectivity index (χ3v) is 3.11. The number of hydrogen-bond donors (Lipinski definition) is 0. The van der Waals surface area contributed by atoms with E-state index in [1.54, 1.807) is 0 Å². The summed E-state index contributed by atoms with van der Waals surface area (Å²) < 4.78 is 46.6. The molecule has 0 unspecified atom stereocenters. The Hall–Kier alpha value is -0.460. The topological polar surface area (TPSA) is 47.0 Å². The zero-order chi connectivity index (χ0) is 11.6. The molecule has 15 heavy (non-hydrogen) atoms. The Morgan fingerprint density at radius 1 is 1.47 bits per heavy atom. The highest BCUT2D eigenvalue weighted by atomic mass is 35.7. The Morgan fingerprint density at radius 2 is 2.07 bits per heavy atom. The Morgan fingerprint density at radius 3 is 2.47 bits per heavy atom. The molecule has 0 amide bonds. The van der Waals surface area contributed by atoms with E-state index in [1.807, 2.05) is 0 Å². The molecule has 1 heterocycles. The first kappa shape index (κ1) is 12.6. The molecule has 0 aliphatic heterocycles. The van der Waals surface area contributed by atoms with Crippen LogP contribution in [0.15, 0.2) is 17.3 Å². The molecule has 0 saturated carbocycles. The number of rotatable bonds is 3. The lowest BCUT2D eigenvalue weighted by molar-refractivity contribution is 0.150. The molecule has 0 saturated heterocycles. The minimum atomic E-state index is -4.10. The van der Waals surface area contributed by atoms with E-state index in [0.717, 1.165) is 12.3 Å². The van der Waals surface area contributed by atoms with Crippen LogP contribution in [0.1, 0.15) is 17.6 Å². The van der Waals surface area contributed by atoms with Crippen molar-refractivity contribution in [2.24, 2.45) is 0 Å². The average Bonchev–Trinajstić information content (AvgIpc) is 2.15. The van der Waals surface area contributed by atoms with Crippen LogP contribution in [0.25, 0.3) is 0 Å². The van der Waals surface area contributed by atoms with Crippen LogP contribution in [-0.4, -0.2) is 13.4 Å². The molecule has 1 rings (SSSR count). The number of nitrogens with zero attached hydrogens (tertiary/aromatic N) is 1. The standard InChI is InChI=1S/C7H5Cl2F2NO2S/c8-2-4-3-12-6(15(9,13)14)1-5(4)7(10)11/h1,3,7H,2H2. The van der Waals surface area contributed by atoms with E-state index < -0.39 is 26.1 Å². The second-order valence-electron chi connectivity index (χ2n) is 2.59. The van der Waals surface area contributed by atoms with Gasteiger partial charge in [-0.2, -0.15) is 0 Å². The molecule has 0 aromatic carbocycles. The molecule has 0 fully saturated rings. The van der Waals surface area contributed by atoms with Crippen LogP contribution in [0, 0.1) is 0 Å². The summed E-state index contributed by atoms with van der Waals surface area (Å²) in [5.41, 5.74) is -0.394. The number of pyridine rings is 1. The molecule has 1 aromatic rings. The molecular weight excluding hydrogens is 271 g/mol. The van der Waals surface area contributed by atoms with E-state index >= 15 is 0 Å². The van der Waals surface area contributed by atoms with Crippen molar-refractivity contribution >= 4 is 31.3 Å². The van der Waals surface area contributed by atoms with Crippen LogP contribution in [-0.2, 0) is 14.9 Å². The van der Waals surface area contributed by atoms with E-state index in [1.165, 1.54) is 0 Å². The third kappa shape index (κ3) is 2.99. The summed E-state index contributed by atoms with van der Waals surface area (Å²) in [5.74, 6) is -0.171. The number of aromatic nitrogens is 1. The predicted octanol–water partition coefficient (Wildman–Crippen LogP) is 2.69. The highest BCUT2D eigenvalue weighted by Crippen LogP contribution is 2.26. The second-order valence-corrected chi connectivity index (χ2v) is 5.37. The van der Waals surface area contributed by atoms with Crippen LogP contribution >= 0.6 is 22.3 Å². The van der Waals surface area contributed by atoms with Gasteiger partial charge in [-0.3, -0.25) is 0 Å². The minimum Gasteiger partial charge on any atom is -0.243 e. The van der Waals surface area contributed by atoms with Crippen LogP contribution in [0.3, 0.4) is 0 Å². The summed E-state index contributed by atoms with van der Waals surface area (Å²) >= 11 is 5.39. The second kappa shape index (κ2) is 4.59. The van der Waals surface area contributed by atoms with E-state index in [0.29, 0.717) is 0 Å². The first-order chi connectivity index (χ1) is 6.86. The molecule has 3 nitrogen and oxygen atoms in total. The lowest BCUT2D eigenvalue weighted by atomic mass is 10.2. The van der Waals surface area contributed by atoms with Crippen molar-refractivity contribution in [1.82, 2.24) is 4.98 Å². The maximum atomic E-state index is 12.5. The smallest absolute Gasteiger partial charge is 0.243 e. The fraction of sp³-hybridized carbons (Fsp3) is 0.286. The highest BCUT2D eigenvalue weighted by Gasteiger charge is 2.19. The zero-order valence-corrected chi connectivity index (χ0v) is 9.45. The van der Waals surface area contributed by atoms with Crippen molar-refractivity contribution < 1.29 is 17.2 Å². The van der Waals surface area contributed by atoms with Crippen molar-refractivity contribution in [3.8, 4) is 0 Å². The van der Waals surface area contributed by atoms with E-state index in [9.17, 15) is 17.2 Å². The van der Waals surface area contributed by atoms with Gasteiger partial charge in [0.05, 0.1) is 0 Å². The van der Waals surface area contributed by atoms with Gasteiger partial charge in [0.15, 0.2) is 5.03 Å². The summed E-state index contributed by atoms with van der Waals surface area (Å²) in [5, 5.41) is -0.603. The van der Waals surface area contributed by atoms with E-state index in [2.05, 4.69) is 4.98 Å². The molecule has 0 N–H and O–H groups in total. The largest absolute Gasteiger partial charge is 0.278 e. The van der Waals surface area contributed by atoms with Crippen LogP contribution < -0.4 is 0 Å². The van der Waals surface area contributed by atoms with E-state index in [4.69, 9.17) is 22.3 Å². The quantitative estimate of drug-likeness (QED) is 0.630. The van der Waals surface area contributed by atoms with Crippen LogP contribution in [0.4, 0.5) is 8.78 Å². The molecule has 0 aliphatic rings. The van der Waals surface area contributed by atoms with Gasteiger partial charge in [0, 0.05) is 28.3 Å². The molecule has 0 radical (unpaired) electrons. The summed E-state index contributed by atoms with van der Waals surface area (Å²) in [6, 6.07) is 0.727. The van der Waals surface area contributed by atoms with Crippen molar-refractivity contribution in [1.29, 1.82) is 0 Å². The van der Waals surface area contributed by atoms with Gasteiger partial charge in [-0.25, -0.2) is 22.2 Å². The number of halogens is 4. The minimum absolute atomic E-state index is 0.0794. The van der Waals surface area contributed by atoms with Gasteiger partial charge in [-0.1, -0.05) is 0 Å². The Kier molecular flexibility index (Phi) is 3.86. The van der Waals surface area contributed by atoms with Gasteiger partial charge in [0.25, 0.3) is 15.5 Å². The normalized spacial score (nSPS) is 12.1. The highest BCUT2D eigenvalue weighted by molar-refractivity contribution is 8.13.